The molecule has 0 spiro atoms. The number of hydrogen-bond donors (Lipinski definition) is 1. The van der Waals surface area contributed by atoms with Crippen LogP contribution < -0.4 is 0 Å². The molecule has 1 unspecified atom stereocenters. The van der Waals surface area contributed by atoms with Crippen molar-refractivity contribution in [1.82, 2.24) is 19.5 Å². The predicted octanol–water partition coefficient (Wildman–Crippen LogP) is 2.21. The number of nitrogens with zero attached hydrogens (tertiary/aromatic N) is 3. The number of hydrogen-bond acceptors (Lipinski definition) is 4. The fourth-order valence-electron chi connectivity index (χ4n) is 3.30. The SMILES string of the molecule is O=S(=O)(c1cn[nH]c1)N1CCC(Cc2ccc3ncccc3c2)C1. The molecule has 0 saturated carbocycles. The Balaban J connectivity index is 1.48. The lowest BCUT2D eigenvalue weighted by Gasteiger charge is -2.15. The van der Waals surface area contributed by atoms with Crippen molar-refractivity contribution in [3.63, 3.8) is 0 Å². The van der Waals surface area contributed by atoms with E-state index in [1.807, 2.05) is 12.1 Å². The van der Waals surface area contributed by atoms with Gasteiger partial charge in [-0.3, -0.25) is 10.1 Å². The monoisotopic (exact) mass is 342 g/mol. The van der Waals surface area contributed by atoms with Crippen molar-refractivity contribution in [2.24, 2.45) is 5.92 Å². The summed E-state index contributed by atoms with van der Waals surface area (Å²) in [7, 11) is -3.43. The highest BCUT2D eigenvalue weighted by Crippen LogP contribution is 2.27. The smallest absolute Gasteiger partial charge is 0.246 e. The molecule has 124 valence electrons. The van der Waals surface area contributed by atoms with Crippen LogP contribution in [0.2, 0.25) is 0 Å². The Kier molecular flexibility index (Phi) is 3.82. The predicted molar refractivity (Wildman–Crippen MR) is 90.9 cm³/mol. The van der Waals surface area contributed by atoms with Crippen LogP contribution in [0.5, 0.6) is 0 Å². The molecule has 1 aliphatic heterocycles. The number of fused-ring (bicyclic) bond motifs is 1. The molecular weight excluding hydrogens is 324 g/mol. The minimum Gasteiger partial charge on any atom is -0.284 e. The Morgan fingerprint density at radius 3 is 3.04 bits per heavy atom. The molecule has 0 amide bonds. The van der Waals surface area contributed by atoms with Crippen LogP contribution in [0.15, 0.2) is 53.8 Å². The standard InChI is InChI=1S/C17H18N4O2S/c22-24(23,16-10-19-20-11-16)21-7-5-14(12-21)8-13-3-4-17-15(9-13)2-1-6-18-17/h1-4,6,9-11,14H,5,7-8,12H2,(H,19,20). The zero-order valence-corrected chi connectivity index (χ0v) is 13.9. The van der Waals surface area contributed by atoms with Gasteiger partial charge in [-0.1, -0.05) is 12.1 Å². The molecule has 1 aromatic carbocycles. The lowest BCUT2D eigenvalue weighted by atomic mass is 9.97. The summed E-state index contributed by atoms with van der Waals surface area (Å²) in [5, 5.41) is 7.43. The molecule has 1 aliphatic rings. The van der Waals surface area contributed by atoms with Gasteiger partial charge in [-0.25, -0.2) is 8.42 Å². The van der Waals surface area contributed by atoms with E-state index in [-0.39, 0.29) is 4.90 Å². The van der Waals surface area contributed by atoms with Gasteiger partial charge in [0.15, 0.2) is 0 Å². The van der Waals surface area contributed by atoms with Crippen LogP contribution in [0.25, 0.3) is 10.9 Å². The number of aromatic nitrogens is 3. The summed E-state index contributed by atoms with van der Waals surface area (Å²) in [5.41, 5.74) is 2.21. The van der Waals surface area contributed by atoms with E-state index in [0.717, 1.165) is 23.7 Å². The first kappa shape index (κ1) is 15.3. The molecule has 3 heterocycles. The Morgan fingerprint density at radius 2 is 2.21 bits per heavy atom. The molecule has 3 aromatic rings. The zero-order valence-electron chi connectivity index (χ0n) is 13.1. The summed E-state index contributed by atoms with van der Waals surface area (Å²) >= 11 is 0. The Morgan fingerprint density at radius 1 is 1.29 bits per heavy atom. The molecule has 4 rings (SSSR count). The van der Waals surface area contributed by atoms with E-state index in [1.54, 1.807) is 10.5 Å². The molecular formula is C17H18N4O2S. The molecule has 1 atom stereocenters. The second-order valence-corrected chi connectivity index (χ2v) is 8.12. The van der Waals surface area contributed by atoms with E-state index in [2.05, 4.69) is 33.4 Å². The van der Waals surface area contributed by atoms with Gasteiger partial charge in [-0.05, 0) is 42.5 Å². The van der Waals surface area contributed by atoms with Gasteiger partial charge in [-0.15, -0.1) is 0 Å². The Bertz CT molecular complexity index is 954. The van der Waals surface area contributed by atoms with Crippen LogP contribution in [-0.4, -0.2) is 41.0 Å². The Hall–Kier alpha value is -2.25. The maximum atomic E-state index is 12.5. The van der Waals surface area contributed by atoms with Gasteiger partial charge in [0, 0.05) is 30.9 Å². The second-order valence-electron chi connectivity index (χ2n) is 6.19. The first-order valence-electron chi connectivity index (χ1n) is 7.95. The molecule has 1 fully saturated rings. The van der Waals surface area contributed by atoms with E-state index in [4.69, 9.17) is 0 Å². The van der Waals surface area contributed by atoms with Crippen LogP contribution >= 0.6 is 0 Å². The number of H-pyrrole nitrogens is 1. The average molecular weight is 342 g/mol. The Labute approximate surface area is 140 Å². The lowest BCUT2D eigenvalue weighted by Crippen LogP contribution is -2.28. The molecule has 1 N–H and O–H groups in total. The van der Waals surface area contributed by atoms with Gasteiger partial charge in [-0.2, -0.15) is 9.40 Å². The second kappa shape index (κ2) is 5.99. The first-order chi connectivity index (χ1) is 11.6. The normalized spacial score (nSPS) is 19.1. The third-order valence-corrected chi connectivity index (χ3v) is 6.38. The summed E-state index contributed by atoms with van der Waals surface area (Å²) in [6, 6.07) is 10.2. The number of sulfonamides is 1. The highest BCUT2D eigenvalue weighted by Gasteiger charge is 2.33. The third-order valence-electron chi connectivity index (χ3n) is 4.55. The van der Waals surface area contributed by atoms with Crippen LogP contribution in [-0.2, 0) is 16.4 Å². The van der Waals surface area contributed by atoms with Crippen molar-refractivity contribution in [1.29, 1.82) is 0 Å². The van der Waals surface area contributed by atoms with Gasteiger partial charge in [0.05, 0.1) is 11.7 Å². The fraction of sp³-hybridized carbons (Fsp3) is 0.294. The van der Waals surface area contributed by atoms with Gasteiger partial charge < -0.3 is 0 Å². The minimum atomic E-state index is -3.43. The van der Waals surface area contributed by atoms with Gasteiger partial charge in [0.25, 0.3) is 0 Å². The fourth-order valence-corrected chi connectivity index (χ4v) is 4.74. The van der Waals surface area contributed by atoms with Crippen molar-refractivity contribution in [2.45, 2.75) is 17.7 Å². The van der Waals surface area contributed by atoms with Crippen LogP contribution in [0.4, 0.5) is 0 Å². The number of rotatable bonds is 4. The maximum Gasteiger partial charge on any atom is 0.246 e. The molecule has 0 radical (unpaired) electrons. The zero-order chi connectivity index (χ0) is 16.6. The topological polar surface area (TPSA) is 79.0 Å². The third kappa shape index (κ3) is 2.81. The molecule has 24 heavy (non-hydrogen) atoms. The van der Waals surface area contributed by atoms with E-state index in [0.29, 0.717) is 19.0 Å². The molecule has 6 nitrogen and oxygen atoms in total. The molecule has 0 bridgehead atoms. The van der Waals surface area contributed by atoms with Crippen LogP contribution in [0.1, 0.15) is 12.0 Å². The number of nitrogens with one attached hydrogen (secondary N) is 1. The van der Waals surface area contributed by atoms with E-state index >= 15 is 0 Å². The number of benzene rings is 1. The average Bonchev–Trinajstić information content (AvgIpc) is 3.27. The number of aromatic amines is 1. The van der Waals surface area contributed by atoms with Crippen molar-refractivity contribution >= 4 is 20.9 Å². The molecule has 0 aliphatic carbocycles. The summed E-state index contributed by atoms with van der Waals surface area (Å²) in [4.78, 5) is 4.57. The van der Waals surface area contributed by atoms with E-state index in [9.17, 15) is 8.42 Å². The summed E-state index contributed by atoms with van der Waals surface area (Å²) in [6.07, 6.45) is 6.33. The number of pyridine rings is 1. The summed E-state index contributed by atoms with van der Waals surface area (Å²) in [6.45, 7) is 1.12. The van der Waals surface area contributed by atoms with Gasteiger partial charge in [0.2, 0.25) is 10.0 Å². The van der Waals surface area contributed by atoms with Crippen LogP contribution in [0, 0.1) is 5.92 Å². The van der Waals surface area contributed by atoms with Crippen molar-refractivity contribution in [3.8, 4) is 0 Å². The highest BCUT2D eigenvalue weighted by molar-refractivity contribution is 7.89. The summed E-state index contributed by atoms with van der Waals surface area (Å²) < 4.78 is 26.6. The van der Waals surface area contributed by atoms with E-state index < -0.39 is 10.0 Å². The maximum absolute atomic E-state index is 12.5. The first-order valence-corrected chi connectivity index (χ1v) is 9.39. The minimum absolute atomic E-state index is 0.236. The van der Waals surface area contributed by atoms with Gasteiger partial charge in [0.1, 0.15) is 4.90 Å². The summed E-state index contributed by atoms with van der Waals surface area (Å²) in [5.74, 6) is 0.334. The molecule has 1 saturated heterocycles. The van der Waals surface area contributed by atoms with Crippen molar-refractivity contribution < 1.29 is 8.42 Å². The van der Waals surface area contributed by atoms with Crippen molar-refractivity contribution in [3.05, 3.63) is 54.5 Å². The van der Waals surface area contributed by atoms with Crippen LogP contribution in [0.3, 0.4) is 0 Å². The highest BCUT2D eigenvalue weighted by atomic mass is 32.2. The molecule has 2 aromatic heterocycles. The quantitative estimate of drug-likeness (QED) is 0.788. The van der Waals surface area contributed by atoms with E-state index in [1.165, 1.54) is 18.0 Å². The largest absolute Gasteiger partial charge is 0.284 e. The van der Waals surface area contributed by atoms with Gasteiger partial charge >= 0.3 is 0 Å². The molecule has 7 heteroatoms. The lowest BCUT2D eigenvalue weighted by molar-refractivity contribution is 0.456. The van der Waals surface area contributed by atoms with Crippen molar-refractivity contribution in [2.75, 3.05) is 13.1 Å².